The minimum absolute atomic E-state index is 0.0487. The minimum atomic E-state index is 0.0487. The van der Waals surface area contributed by atoms with Gasteiger partial charge in [0.15, 0.2) is 0 Å². The van der Waals surface area contributed by atoms with Crippen molar-refractivity contribution in [2.24, 2.45) is 0 Å². The molecule has 0 radical (unpaired) electrons. The predicted octanol–water partition coefficient (Wildman–Crippen LogP) is 3.88. The van der Waals surface area contributed by atoms with Crippen LogP contribution in [0.3, 0.4) is 0 Å². The van der Waals surface area contributed by atoms with E-state index in [4.69, 9.17) is 4.74 Å². The van der Waals surface area contributed by atoms with Gasteiger partial charge in [-0.15, -0.1) is 11.3 Å². The highest BCUT2D eigenvalue weighted by Crippen LogP contribution is 2.25. The third kappa shape index (κ3) is 3.55. The summed E-state index contributed by atoms with van der Waals surface area (Å²) in [5.74, 6) is 0.942. The van der Waals surface area contributed by atoms with E-state index in [0.717, 1.165) is 42.3 Å². The molecule has 2 heterocycles. The molecule has 1 amide bonds. The number of aryl methyl sites for hydroxylation is 2. The molecular formula is C18H22N2O2S. The first kappa shape index (κ1) is 16.0. The van der Waals surface area contributed by atoms with Gasteiger partial charge < -0.3 is 9.64 Å². The van der Waals surface area contributed by atoms with Crippen LogP contribution in [0.2, 0.25) is 0 Å². The van der Waals surface area contributed by atoms with Gasteiger partial charge in [-0.2, -0.15) is 0 Å². The molecule has 3 rings (SSSR count). The van der Waals surface area contributed by atoms with Crippen molar-refractivity contribution in [3.63, 3.8) is 0 Å². The number of hydrogen-bond acceptors (Lipinski definition) is 4. The molecule has 2 aromatic rings. The van der Waals surface area contributed by atoms with Crippen molar-refractivity contribution in [1.29, 1.82) is 0 Å². The summed E-state index contributed by atoms with van der Waals surface area (Å²) in [5, 5.41) is 2.68. The fourth-order valence-corrected chi connectivity index (χ4v) is 3.53. The van der Waals surface area contributed by atoms with E-state index in [1.807, 2.05) is 16.3 Å². The summed E-state index contributed by atoms with van der Waals surface area (Å²) >= 11 is 1.49. The lowest BCUT2D eigenvalue weighted by atomic mass is 10.1. The zero-order valence-corrected chi connectivity index (χ0v) is 14.7. The summed E-state index contributed by atoms with van der Waals surface area (Å²) in [6, 6.07) is 4.20. The molecule has 1 aromatic heterocycles. The maximum atomic E-state index is 12.3. The molecule has 1 saturated heterocycles. The third-order valence-electron chi connectivity index (χ3n) is 4.28. The number of hydrogen-bond donors (Lipinski definition) is 0. The molecule has 122 valence electrons. The van der Waals surface area contributed by atoms with Crippen LogP contribution in [0.15, 0.2) is 17.5 Å². The van der Waals surface area contributed by atoms with Crippen LogP contribution in [0.4, 0.5) is 0 Å². The molecule has 0 atom stereocenters. The maximum Gasteiger partial charge on any atom is 0.273 e. The van der Waals surface area contributed by atoms with Gasteiger partial charge in [-0.05, 0) is 56.4 Å². The van der Waals surface area contributed by atoms with Crippen molar-refractivity contribution >= 4 is 17.2 Å². The number of aromatic nitrogens is 1. The molecule has 0 N–H and O–H groups in total. The molecule has 1 aromatic carbocycles. The number of carbonyl (C=O) groups excluding carboxylic acids is 1. The maximum absolute atomic E-state index is 12.3. The van der Waals surface area contributed by atoms with Crippen LogP contribution in [0.1, 0.15) is 45.0 Å². The van der Waals surface area contributed by atoms with E-state index in [1.54, 1.807) is 0 Å². The van der Waals surface area contributed by atoms with Crippen molar-refractivity contribution < 1.29 is 9.53 Å². The molecule has 5 heteroatoms. The van der Waals surface area contributed by atoms with Crippen LogP contribution in [0.25, 0.3) is 0 Å². The molecular weight excluding hydrogens is 308 g/mol. The van der Waals surface area contributed by atoms with Crippen molar-refractivity contribution in [2.45, 2.75) is 40.2 Å². The third-order valence-corrected chi connectivity index (χ3v) is 5.10. The summed E-state index contributed by atoms with van der Waals surface area (Å²) in [5.41, 5.74) is 4.12. The largest absolute Gasteiger partial charge is 0.486 e. The molecule has 0 unspecified atom stereocenters. The Morgan fingerprint density at radius 2 is 2.00 bits per heavy atom. The van der Waals surface area contributed by atoms with Crippen LogP contribution in [-0.2, 0) is 6.61 Å². The fourth-order valence-electron chi connectivity index (χ4n) is 2.85. The average molecular weight is 330 g/mol. The van der Waals surface area contributed by atoms with Gasteiger partial charge in [0, 0.05) is 18.5 Å². The smallest absolute Gasteiger partial charge is 0.273 e. The number of amides is 1. The summed E-state index contributed by atoms with van der Waals surface area (Å²) < 4.78 is 5.93. The highest BCUT2D eigenvalue weighted by Gasteiger charge is 2.21. The summed E-state index contributed by atoms with van der Waals surface area (Å²) in [6.07, 6.45) is 2.19. The Morgan fingerprint density at radius 3 is 2.74 bits per heavy atom. The molecule has 1 aliphatic rings. The zero-order valence-electron chi connectivity index (χ0n) is 13.9. The Labute approximate surface area is 141 Å². The molecule has 1 aliphatic heterocycles. The Morgan fingerprint density at radius 1 is 1.26 bits per heavy atom. The van der Waals surface area contributed by atoms with Gasteiger partial charge in [0.05, 0.1) is 0 Å². The lowest BCUT2D eigenvalue weighted by Crippen LogP contribution is -2.27. The summed E-state index contributed by atoms with van der Waals surface area (Å²) in [7, 11) is 0. The number of ether oxygens (including phenoxy) is 1. The second-order valence-corrected chi connectivity index (χ2v) is 7.06. The summed E-state index contributed by atoms with van der Waals surface area (Å²) in [6.45, 7) is 8.32. The monoisotopic (exact) mass is 330 g/mol. The number of nitrogens with zero attached hydrogens (tertiary/aromatic N) is 2. The Bertz CT molecular complexity index is 718. The first-order valence-corrected chi connectivity index (χ1v) is 8.87. The van der Waals surface area contributed by atoms with E-state index >= 15 is 0 Å². The Balaban J connectivity index is 1.67. The predicted molar refractivity (Wildman–Crippen MR) is 92.2 cm³/mol. The van der Waals surface area contributed by atoms with E-state index in [2.05, 4.69) is 31.8 Å². The van der Waals surface area contributed by atoms with Crippen LogP contribution < -0.4 is 4.74 Å². The Kier molecular flexibility index (Phi) is 4.66. The van der Waals surface area contributed by atoms with Crippen molar-refractivity contribution in [3.8, 4) is 5.75 Å². The number of carbonyl (C=O) groups is 1. The normalized spacial score (nSPS) is 14.3. The fraction of sp³-hybridized carbons (Fsp3) is 0.444. The molecule has 0 saturated carbocycles. The first-order valence-electron chi connectivity index (χ1n) is 7.99. The SMILES string of the molecule is Cc1cc(C)c(C)c(OCc2nc(C(=O)N3CCCC3)cs2)c1. The molecule has 0 spiro atoms. The molecule has 0 aliphatic carbocycles. The standard InChI is InChI=1S/C18H22N2O2S/c1-12-8-13(2)14(3)16(9-12)22-10-17-19-15(11-23-17)18(21)20-6-4-5-7-20/h8-9,11H,4-7,10H2,1-3H3. The van der Waals surface area contributed by atoms with Gasteiger partial charge in [-0.3, -0.25) is 4.79 Å². The van der Waals surface area contributed by atoms with Crippen molar-refractivity contribution in [1.82, 2.24) is 9.88 Å². The number of thiazole rings is 1. The van der Waals surface area contributed by atoms with Gasteiger partial charge in [0.1, 0.15) is 23.1 Å². The molecule has 23 heavy (non-hydrogen) atoms. The lowest BCUT2D eigenvalue weighted by molar-refractivity contribution is 0.0787. The highest BCUT2D eigenvalue weighted by molar-refractivity contribution is 7.09. The number of benzene rings is 1. The minimum Gasteiger partial charge on any atom is -0.486 e. The van der Waals surface area contributed by atoms with Gasteiger partial charge in [0.25, 0.3) is 5.91 Å². The number of likely N-dealkylation sites (tertiary alicyclic amines) is 1. The molecule has 4 nitrogen and oxygen atoms in total. The quantitative estimate of drug-likeness (QED) is 0.854. The van der Waals surface area contributed by atoms with Gasteiger partial charge in [0.2, 0.25) is 0 Å². The molecule has 0 bridgehead atoms. The van der Waals surface area contributed by atoms with Crippen LogP contribution >= 0.6 is 11.3 Å². The second-order valence-electron chi connectivity index (χ2n) is 6.12. The first-order chi connectivity index (χ1) is 11.0. The van der Waals surface area contributed by atoms with Gasteiger partial charge in [-0.25, -0.2) is 4.98 Å². The van der Waals surface area contributed by atoms with E-state index < -0.39 is 0 Å². The van der Waals surface area contributed by atoms with Crippen LogP contribution in [-0.4, -0.2) is 28.9 Å². The van der Waals surface area contributed by atoms with Gasteiger partial charge >= 0.3 is 0 Å². The second kappa shape index (κ2) is 6.71. The highest BCUT2D eigenvalue weighted by atomic mass is 32.1. The van der Waals surface area contributed by atoms with Gasteiger partial charge in [-0.1, -0.05) is 6.07 Å². The van der Waals surface area contributed by atoms with Crippen molar-refractivity contribution in [3.05, 3.63) is 44.9 Å². The van der Waals surface area contributed by atoms with E-state index in [-0.39, 0.29) is 5.91 Å². The van der Waals surface area contributed by atoms with Crippen LogP contribution in [0, 0.1) is 20.8 Å². The summed E-state index contributed by atoms with van der Waals surface area (Å²) in [4.78, 5) is 18.6. The zero-order chi connectivity index (χ0) is 16.4. The van der Waals surface area contributed by atoms with Crippen LogP contribution in [0.5, 0.6) is 5.75 Å². The topological polar surface area (TPSA) is 42.4 Å². The lowest BCUT2D eigenvalue weighted by Gasteiger charge is -2.13. The molecule has 1 fully saturated rings. The van der Waals surface area contributed by atoms with E-state index in [0.29, 0.717) is 12.3 Å². The van der Waals surface area contributed by atoms with Crippen molar-refractivity contribution in [2.75, 3.05) is 13.1 Å². The Hall–Kier alpha value is -1.88. The number of rotatable bonds is 4. The van der Waals surface area contributed by atoms with E-state index in [9.17, 15) is 4.79 Å². The van der Waals surface area contributed by atoms with E-state index in [1.165, 1.54) is 22.5 Å². The average Bonchev–Trinajstić information content (AvgIpc) is 3.20.